The minimum Gasteiger partial charge on any atom is -0.448 e. The Balaban J connectivity index is 1.68. The third-order valence-electron chi connectivity index (χ3n) is 6.91. The fourth-order valence-corrected chi connectivity index (χ4v) is 5.17. The van der Waals surface area contributed by atoms with E-state index in [0.717, 1.165) is 0 Å². The van der Waals surface area contributed by atoms with Gasteiger partial charge in [-0.05, 0) is 53.7 Å². The van der Waals surface area contributed by atoms with Crippen molar-refractivity contribution in [1.82, 2.24) is 9.55 Å². The maximum Gasteiger partial charge on any atom is 0.338 e. The van der Waals surface area contributed by atoms with Crippen LogP contribution in [0.15, 0.2) is 46.1 Å². The van der Waals surface area contributed by atoms with Gasteiger partial charge in [0.15, 0.2) is 23.4 Å². The zero-order chi connectivity index (χ0) is 26.8. The van der Waals surface area contributed by atoms with Crippen LogP contribution in [0.25, 0.3) is 0 Å². The summed E-state index contributed by atoms with van der Waals surface area (Å²) in [6.07, 6.45) is -2.87. The summed E-state index contributed by atoms with van der Waals surface area (Å²) in [6, 6.07) is 8.48. The molecule has 37 heavy (non-hydrogen) atoms. The van der Waals surface area contributed by atoms with Gasteiger partial charge in [-0.3, -0.25) is 14.3 Å². The van der Waals surface area contributed by atoms with E-state index in [9.17, 15) is 14.4 Å². The van der Waals surface area contributed by atoms with Gasteiger partial charge in [0.25, 0.3) is 5.56 Å². The first-order valence-corrected chi connectivity index (χ1v) is 12.2. The lowest BCUT2D eigenvalue weighted by Crippen LogP contribution is -2.58. The van der Waals surface area contributed by atoms with Crippen LogP contribution in [-0.2, 0) is 28.4 Å². The molecule has 0 amide bonds. The molecule has 3 aliphatic heterocycles. The van der Waals surface area contributed by atoms with Gasteiger partial charge in [-0.15, -0.1) is 0 Å². The van der Waals surface area contributed by atoms with E-state index in [2.05, 4.69) is 4.98 Å². The number of nitrogens with zero attached hydrogens (tertiary/aromatic N) is 1. The smallest absolute Gasteiger partial charge is 0.338 e. The Morgan fingerprint density at radius 1 is 1.00 bits per heavy atom. The van der Waals surface area contributed by atoms with Crippen LogP contribution < -0.4 is 11.2 Å². The van der Waals surface area contributed by atoms with Crippen molar-refractivity contribution in [3.8, 4) is 0 Å². The molecule has 3 saturated heterocycles. The number of H-pyrrole nitrogens is 1. The molecule has 1 aromatic carbocycles. The summed E-state index contributed by atoms with van der Waals surface area (Å²) in [7, 11) is 0. The Bertz CT molecular complexity index is 1300. The van der Waals surface area contributed by atoms with Crippen LogP contribution in [0.1, 0.15) is 56.8 Å². The highest BCUT2D eigenvalue weighted by Crippen LogP contribution is 2.48. The number of aromatic amines is 1. The number of carbonyl (C=O) groups excluding carboxylic acids is 1. The SMILES string of the molecule is Cc1cn([C@@H]2OC3COC(C)(C)O[C@@H]3[C@@H]3OC(C)(C)OC3C2(C)OC(=O)c2ccccc2)c(=O)[nH]c1=O. The van der Waals surface area contributed by atoms with E-state index in [0.29, 0.717) is 5.56 Å². The largest absolute Gasteiger partial charge is 0.448 e. The summed E-state index contributed by atoms with van der Waals surface area (Å²) in [5, 5.41) is 0. The summed E-state index contributed by atoms with van der Waals surface area (Å²) in [4.78, 5) is 40.9. The number of ether oxygens (including phenoxy) is 6. The van der Waals surface area contributed by atoms with E-state index in [1.165, 1.54) is 10.8 Å². The van der Waals surface area contributed by atoms with Crippen LogP contribution in [0.5, 0.6) is 0 Å². The van der Waals surface area contributed by atoms with Crippen LogP contribution in [0.3, 0.4) is 0 Å². The molecule has 5 rings (SSSR count). The second-order valence-electron chi connectivity index (χ2n) is 10.8. The number of esters is 1. The molecule has 0 spiro atoms. The zero-order valence-corrected chi connectivity index (χ0v) is 21.7. The van der Waals surface area contributed by atoms with Crippen molar-refractivity contribution in [2.45, 2.75) is 89.4 Å². The molecule has 3 aliphatic rings. The molecule has 0 saturated carbocycles. The van der Waals surface area contributed by atoms with Crippen molar-refractivity contribution in [1.29, 1.82) is 0 Å². The van der Waals surface area contributed by atoms with Crippen LogP contribution in [-0.4, -0.2) is 63.7 Å². The number of hydrogen-bond donors (Lipinski definition) is 1. The van der Waals surface area contributed by atoms with Crippen molar-refractivity contribution in [3.05, 3.63) is 68.5 Å². The number of aryl methyl sites for hydroxylation is 1. The predicted octanol–water partition coefficient (Wildman–Crippen LogP) is 2.03. The molecule has 1 N–H and O–H groups in total. The summed E-state index contributed by atoms with van der Waals surface area (Å²) in [5.74, 6) is -2.63. The Morgan fingerprint density at radius 3 is 2.38 bits per heavy atom. The summed E-state index contributed by atoms with van der Waals surface area (Å²) in [5.41, 5.74) is -2.27. The molecule has 2 aromatic rings. The minimum absolute atomic E-state index is 0.126. The first kappa shape index (κ1) is 25.8. The van der Waals surface area contributed by atoms with Gasteiger partial charge < -0.3 is 28.4 Å². The van der Waals surface area contributed by atoms with Crippen LogP contribution in [0, 0.1) is 6.92 Å². The second-order valence-corrected chi connectivity index (χ2v) is 10.8. The molecule has 0 bridgehead atoms. The highest BCUT2D eigenvalue weighted by molar-refractivity contribution is 5.89. The van der Waals surface area contributed by atoms with Gasteiger partial charge in [-0.1, -0.05) is 18.2 Å². The molecule has 1 aromatic heterocycles. The highest BCUT2D eigenvalue weighted by Gasteiger charge is 2.65. The monoisotopic (exact) mass is 516 g/mol. The van der Waals surface area contributed by atoms with Crippen molar-refractivity contribution in [3.63, 3.8) is 0 Å². The maximum absolute atomic E-state index is 13.4. The van der Waals surface area contributed by atoms with Crippen LogP contribution in [0.2, 0.25) is 0 Å². The lowest BCUT2D eigenvalue weighted by Gasteiger charge is -2.42. The maximum atomic E-state index is 13.4. The van der Waals surface area contributed by atoms with Gasteiger partial charge in [0.1, 0.15) is 24.4 Å². The topological polar surface area (TPSA) is 127 Å². The number of nitrogens with one attached hydrogen (secondary N) is 1. The molecule has 6 atom stereocenters. The van der Waals surface area contributed by atoms with E-state index in [-0.39, 0.29) is 12.2 Å². The predicted molar refractivity (Wildman–Crippen MR) is 129 cm³/mol. The van der Waals surface area contributed by atoms with Crippen molar-refractivity contribution >= 4 is 5.97 Å². The average Bonchev–Trinajstić information content (AvgIpc) is 3.13. The second kappa shape index (κ2) is 8.88. The van der Waals surface area contributed by atoms with Gasteiger partial charge in [0, 0.05) is 11.8 Å². The molecule has 0 radical (unpaired) electrons. The normalized spacial score (nSPS) is 34.2. The summed E-state index contributed by atoms with van der Waals surface area (Å²) < 4.78 is 38.7. The number of aromatic nitrogens is 2. The van der Waals surface area contributed by atoms with Crippen molar-refractivity contribution < 1.29 is 33.2 Å². The highest BCUT2D eigenvalue weighted by atomic mass is 16.8. The number of fused-ring (bicyclic) bond motifs is 3. The molecule has 0 aliphatic carbocycles. The first-order valence-electron chi connectivity index (χ1n) is 12.2. The van der Waals surface area contributed by atoms with Crippen LogP contribution in [0.4, 0.5) is 0 Å². The van der Waals surface area contributed by atoms with Crippen LogP contribution >= 0.6 is 0 Å². The van der Waals surface area contributed by atoms with Crippen molar-refractivity contribution in [2.24, 2.45) is 0 Å². The lowest BCUT2D eigenvalue weighted by atomic mass is 9.89. The molecule has 4 heterocycles. The van der Waals surface area contributed by atoms with Crippen molar-refractivity contribution in [2.75, 3.05) is 6.61 Å². The third kappa shape index (κ3) is 4.66. The quantitative estimate of drug-likeness (QED) is 0.610. The molecule has 3 unspecified atom stereocenters. The van der Waals surface area contributed by atoms with E-state index in [1.807, 2.05) is 0 Å². The third-order valence-corrected chi connectivity index (χ3v) is 6.91. The van der Waals surface area contributed by atoms with Gasteiger partial charge in [0.05, 0.1) is 12.2 Å². The Morgan fingerprint density at radius 2 is 1.68 bits per heavy atom. The summed E-state index contributed by atoms with van der Waals surface area (Å²) >= 11 is 0. The molecule has 11 heteroatoms. The van der Waals surface area contributed by atoms with E-state index >= 15 is 0 Å². The number of carbonyl (C=O) groups is 1. The van der Waals surface area contributed by atoms with Gasteiger partial charge in [-0.25, -0.2) is 9.59 Å². The lowest BCUT2D eigenvalue weighted by molar-refractivity contribution is -0.334. The van der Waals surface area contributed by atoms with E-state index in [4.69, 9.17) is 28.4 Å². The molecule has 3 fully saturated rings. The van der Waals surface area contributed by atoms with Gasteiger partial charge in [-0.2, -0.15) is 0 Å². The Kier molecular flexibility index (Phi) is 6.19. The fourth-order valence-electron chi connectivity index (χ4n) is 5.17. The minimum atomic E-state index is -1.61. The Labute approximate surface area is 213 Å². The molecule has 11 nitrogen and oxygen atoms in total. The number of hydrogen-bond acceptors (Lipinski definition) is 9. The average molecular weight is 517 g/mol. The molecular formula is C26H32N2O9. The molecular weight excluding hydrogens is 484 g/mol. The fraction of sp³-hybridized carbons (Fsp3) is 0.577. The van der Waals surface area contributed by atoms with Gasteiger partial charge in [0.2, 0.25) is 0 Å². The number of rotatable bonds is 3. The van der Waals surface area contributed by atoms with Gasteiger partial charge >= 0.3 is 11.7 Å². The molecule has 200 valence electrons. The Hall–Kier alpha value is -2.83. The van der Waals surface area contributed by atoms with E-state index in [1.54, 1.807) is 71.9 Å². The standard InChI is InChI=1S/C26H32N2O9/c1-14-12-28(23(31)27-20(14)29)22-26(6,37-21(30)15-10-8-7-9-11-15)19-18(35-25(4,5)36-19)17-16(33-22)13-32-24(2,3)34-17/h7-12,16-19,22H,13H2,1-6H3,(H,27,29,31)/t16?,17-,18-,19?,22+,26?/m0/s1. The zero-order valence-electron chi connectivity index (χ0n) is 21.7. The van der Waals surface area contributed by atoms with E-state index < -0.39 is 65.0 Å². The number of benzene rings is 1. The first-order chi connectivity index (χ1) is 17.3. The summed E-state index contributed by atoms with van der Waals surface area (Å²) in [6.45, 7) is 10.4.